The minimum absolute atomic E-state index is 0.00383. The predicted octanol–water partition coefficient (Wildman–Crippen LogP) is 7.21. The van der Waals surface area contributed by atoms with Gasteiger partial charge in [-0.05, 0) is 77.9 Å². The number of aliphatic hydroxyl groups excluding tert-OH is 4. The Hall–Kier alpha value is -6.83. The van der Waals surface area contributed by atoms with Crippen molar-refractivity contribution in [3.05, 3.63) is 163 Å². The minimum Gasteiger partial charge on any atom is -0.488 e. The number of halogens is 2. The quantitative estimate of drug-likeness (QED) is 0.0417. The van der Waals surface area contributed by atoms with E-state index in [-0.39, 0.29) is 67.5 Å². The van der Waals surface area contributed by atoms with Gasteiger partial charge in [-0.2, -0.15) is 10.5 Å². The standard InChI is InChI=1S/C52H49Cl2N5O11/c1-29-35(27-68-46-15-44(66-25-33-11-31(17-55)19-57-21-33)37(13-41(46)53)23-59-43(9-10-60)52(64)65)5-3-7-38(29)39-8-4-6-36(30(39)2)28-69-47-16-45(67-26-34-12-32(18-56)20-58-22-34)40(14-42(47)54)51-50(63)49(62)48(24-61)70-51/h3-8,11-16,19-22,43,48-51,59-63H,9-10,23-28H2,1-2H3,(H,64,65)/t43?,48?,49-,50+,51+/m1/s1. The average Bonchev–Trinajstić information content (AvgIpc) is 3.65. The van der Waals surface area contributed by atoms with Gasteiger partial charge >= 0.3 is 5.97 Å². The molecular weight excluding hydrogens is 942 g/mol. The number of pyridine rings is 2. The first-order valence-corrected chi connectivity index (χ1v) is 22.8. The molecule has 362 valence electrons. The molecule has 1 aliphatic heterocycles. The number of aliphatic hydroxyl groups is 4. The Kier molecular flexibility index (Phi) is 17.2. The van der Waals surface area contributed by atoms with E-state index in [4.69, 9.17) is 46.9 Å². The van der Waals surface area contributed by atoms with Crippen LogP contribution in [0.15, 0.2) is 97.6 Å². The predicted molar refractivity (Wildman–Crippen MR) is 256 cm³/mol. The molecule has 5 atom stereocenters. The van der Waals surface area contributed by atoms with Gasteiger partial charge in [0.25, 0.3) is 0 Å². The first-order chi connectivity index (χ1) is 33.8. The molecule has 18 heteroatoms. The van der Waals surface area contributed by atoms with Crippen molar-refractivity contribution >= 4 is 29.2 Å². The number of carboxylic acid groups (broad SMARTS) is 1. The van der Waals surface area contributed by atoms with Crippen LogP contribution in [0.1, 0.15) is 68.2 Å². The molecule has 1 aliphatic rings. The lowest BCUT2D eigenvalue weighted by molar-refractivity contribution is -0.140. The maximum Gasteiger partial charge on any atom is 0.320 e. The summed E-state index contributed by atoms with van der Waals surface area (Å²) in [5.41, 5.74) is 8.36. The topological polar surface area (TPSA) is 250 Å². The first kappa shape index (κ1) is 51.0. The number of hydrogen-bond acceptors (Lipinski definition) is 15. The molecule has 0 radical (unpaired) electrons. The summed E-state index contributed by atoms with van der Waals surface area (Å²) in [6.07, 6.45) is 1.15. The van der Waals surface area contributed by atoms with Gasteiger partial charge in [0, 0.05) is 72.3 Å². The van der Waals surface area contributed by atoms with Gasteiger partial charge in [-0.25, -0.2) is 0 Å². The Morgan fingerprint density at radius 2 is 1.24 bits per heavy atom. The van der Waals surface area contributed by atoms with Crippen LogP contribution in [-0.4, -0.2) is 79.0 Å². The molecular formula is C52H49Cl2N5O11. The lowest BCUT2D eigenvalue weighted by Crippen LogP contribution is -2.37. The SMILES string of the molecule is Cc1c(COc2cc(OCc3cncc(C#N)c3)c(CNC(CCO)C(=O)O)cc2Cl)cccc1-c1cccc(COc2cc(OCc3cncc(C#N)c3)c([C@@H]3OC(CO)[C@@H](O)[C@@H]3O)cc2Cl)c1C. The van der Waals surface area contributed by atoms with E-state index >= 15 is 0 Å². The summed E-state index contributed by atoms with van der Waals surface area (Å²) in [5, 5.41) is 72.4. The van der Waals surface area contributed by atoms with E-state index in [1.54, 1.807) is 42.7 Å². The highest BCUT2D eigenvalue weighted by Gasteiger charge is 2.44. The fraction of sp³-hybridized carbons (Fsp3) is 0.288. The van der Waals surface area contributed by atoms with Crippen LogP contribution in [0.3, 0.4) is 0 Å². The van der Waals surface area contributed by atoms with E-state index < -0.39 is 43.0 Å². The molecule has 0 spiro atoms. The maximum atomic E-state index is 11.8. The van der Waals surface area contributed by atoms with Gasteiger partial charge in [0.05, 0.1) is 27.8 Å². The number of carbonyl (C=O) groups is 1. The monoisotopic (exact) mass is 989 g/mol. The number of aliphatic carboxylic acids is 1. The summed E-state index contributed by atoms with van der Waals surface area (Å²) in [6, 6.07) is 24.6. The molecule has 1 saturated heterocycles. The molecule has 2 aromatic heterocycles. The molecule has 2 unspecified atom stereocenters. The van der Waals surface area contributed by atoms with Gasteiger partial charge in [0.2, 0.25) is 0 Å². The fourth-order valence-electron chi connectivity index (χ4n) is 7.95. The zero-order chi connectivity index (χ0) is 49.9. The van der Waals surface area contributed by atoms with Crippen LogP contribution in [-0.2, 0) is 42.5 Å². The average molecular weight is 991 g/mol. The molecule has 7 rings (SSSR count). The number of hydrogen-bond donors (Lipinski definition) is 6. The van der Waals surface area contributed by atoms with Crippen LogP contribution >= 0.6 is 23.2 Å². The maximum absolute atomic E-state index is 11.8. The van der Waals surface area contributed by atoms with Gasteiger partial charge in [-0.1, -0.05) is 59.6 Å². The second-order valence-corrected chi connectivity index (χ2v) is 17.3. The van der Waals surface area contributed by atoms with Crippen molar-refractivity contribution in [1.29, 1.82) is 10.5 Å². The van der Waals surface area contributed by atoms with Crippen molar-refractivity contribution < 1.29 is 54.0 Å². The van der Waals surface area contributed by atoms with E-state index in [9.17, 15) is 40.9 Å². The van der Waals surface area contributed by atoms with Crippen molar-refractivity contribution in [2.75, 3.05) is 13.2 Å². The van der Waals surface area contributed by atoms with Crippen LogP contribution in [0, 0.1) is 36.5 Å². The zero-order valence-electron chi connectivity index (χ0n) is 38.0. The summed E-state index contributed by atoms with van der Waals surface area (Å²) < 4.78 is 30.9. The number of nitrogens with one attached hydrogen (secondary N) is 1. The third-order valence-corrected chi connectivity index (χ3v) is 12.5. The molecule has 0 bridgehead atoms. The smallest absolute Gasteiger partial charge is 0.320 e. The summed E-state index contributed by atoms with van der Waals surface area (Å²) in [5.74, 6) is 0.0684. The van der Waals surface area contributed by atoms with Crippen LogP contribution < -0.4 is 24.3 Å². The lowest BCUT2D eigenvalue weighted by Gasteiger charge is -2.21. The van der Waals surface area contributed by atoms with Gasteiger partial charge in [0.15, 0.2) is 0 Å². The van der Waals surface area contributed by atoms with Gasteiger partial charge in [-0.15, -0.1) is 0 Å². The Bertz CT molecular complexity index is 2930. The normalized spacial score (nSPS) is 16.8. The molecule has 4 aromatic carbocycles. The fourth-order valence-corrected chi connectivity index (χ4v) is 8.42. The number of aromatic nitrogens is 2. The third kappa shape index (κ3) is 12.1. The molecule has 0 saturated carbocycles. The first-order valence-electron chi connectivity index (χ1n) is 22.0. The van der Waals surface area contributed by atoms with Crippen LogP contribution in [0.2, 0.25) is 10.0 Å². The van der Waals surface area contributed by atoms with Crippen molar-refractivity contribution in [2.45, 2.75) is 83.7 Å². The van der Waals surface area contributed by atoms with E-state index in [0.29, 0.717) is 44.9 Å². The third-order valence-electron chi connectivity index (χ3n) is 11.9. The van der Waals surface area contributed by atoms with Crippen LogP contribution in [0.5, 0.6) is 23.0 Å². The van der Waals surface area contributed by atoms with Crippen LogP contribution in [0.25, 0.3) is 11.1 Å². The summed E-state index contributed by atoms with van der Waals surface area (Å²) in [7, 11) is 0. The van der Waals surface area contributed by atoms with Crippen molar-refractivity contribution in [2.24, 2.45) is 0 Å². The molecule has 70 heavy (non-hydrogen) atoms. The van der Waals surface area contributed by atoms with E-state index in [0.717, 1.165) is 33.4 Å². The Morgan fingerprint density at radius 1 is 0.714 bits per heavy atom. The number of nitrogens with zero attached hydrogens (tertiary/aromatic N) is 4. The van der Waals surface area contributed by atoms with E-state index in [2.05, 4.69) is 27.4 Å². The second-order valence-electron chi connectivity index (χ2n) is 16.5. The molecule has 3 heterocycles. The summed E-state index contributed by atoms with van der Waals surface area (Å²) in [4.78, 5) is 20.0. The number of ether oxygens (including phenoxy) is 5. The number of rotatable bonds is 21. The van der Waals surface area contributed by atoms with Crippen molar-refractivity contribution in [1.82, 2.24) is 15.3 Å². The summed E-state index contributed by atoms with van der Waals surface area (Å²) >= 11 is 13.6. The van der Waals surface area contributed by atoms with Crippen molar-refractivity contribution in [3.8, 4) is 46.3 Å². The Morgan fingerprint density at radius 3 is 1.76 bits per heavy atom. The largest absolute Gasteiger partial charge is 0.488 e. The minimum atomic E-state index is -1.39. The van der Waals surface area contributed by atoms with E-state index in [1.165, 1.54) is 18.5 Å². The van der Waals surface area contributed by atoms with Crippen LogP contribution in [0.4, 0.5) is 0 Å². The van der Waals surface area contributed by atoms with E-state index in [1.807, 2.05) is 50.2 Å². The highest BCUT2D eigenvalue weighted by atomic mass is 35.5. The molecule has 16 nitrogen and oxygen atoms in total. The lowest BCUT2D eigenvalue weighted by atomic mass is 9.92. The highest BCUT2D eigenvalue weighted by molar-refractivity contribution is 6.32. The number of nitriles is 2. The van der Waals surface area contributed by atoms with Gasteiger partial charge < -0.3 is 54.5 Å². The highest BCUT2D eigenvalue weighted by Crippen LogP contribution is 2.43. The molecule has 6 N–H and O–H groups in total. The molecule has 0 amide bonds. The van der Waals surface area contributed by atoms with Gasteiger partial charge in [-0.3, -0.25) is 14.8 Å². The van der Waals surface area contributed by atoms with Crippen molar-refractivity contribution in [3.63, 3.8) is 0 Å². The zero-order valence-corrected chi connectivity index (χ0v) is 39.5. The molecule has 0 aliphatic carbocycles. The van der Waals surface area contributed by atoms with Gasteiger partial charge in [0.1, 0.15) is 92.0 Å². The number of carboxylic acids is 1. The molecule has 1 fully saturated rings. The Labute approximate surface area is 413 Å². The molecule has 6 aromatic rings. The summed E-state index contributed by atoms with van der Waals surface area (Å²) in [6.45, 7) is 3.49. The Balaban J connectivity index is 1.10. The second kappa shape index (κ2) is 23.7. The number of benzene rings is 4.